The average Bonchev–Trinajstić information content (AvgIpc) is 3.01. The summed E-state index contributed by atoms with van der Waals surface area (Å²) in [5, 5.41) is 0. The molecule has 5 nitrogen and oxygen atoms in total. The van der Waals surface area contributed by atoms with Crippen LogP contribution in [0.25, 0.3) is 5.65 Å². The van der Waals surface area contributed by atoms with E-state index in [2.05, 4.69) is 16.9 Å². The van der Waals surface area contributed by atoms with Crippen molar-refractivity contribution in [2.24, 2.45) is 0 Å². The lowest BCUT2D eigenvalue weighted by atomic mass is 10.0. The van der Waals surface area contributed by atoms with Gasteiger partial charge in [0.1, 0.15) is 5.65 Å². The summed E-state index contributed by atoms with van der Waals surface area (Å²) in [5.74, 6) is 0.0122. The van der Waals surface area contributed by atoms with E-state index < -0.39 is 0 Å². The molecule has 0 aliphatic rings. The number of carbonyl (C=O) groups is 1. The van der Waals surface area contributed by atoms with Gasteiger partial charge in [0.2, 0.25) is 0 Å². The van der Waals surface area contributed by atoms with Crippen LogP contribution in [0.3, 0.4) is 0 Å². The summed E-state index contributed by atoms with van der Waals surface area (Å²) in [6, 6.07) is 7.73. The van der Waals surface area contributed by atoms with Crippen LogP contribution < -0.4 is 0 Å². The quantitative estimate of drug-likeness (QED) is 0.682. The van der Waals surface area contributed by atoms with Gasteiger partial charge in [-0.1, -0.05) is 25.8 Å². The van der Waals surface area contributed by atoms with Gasteiger partial charge in [-0.05, 0) is 37.1 Å². The molecule has 3 aromatic rings. The summed E-state index contributed by atoms with van der Waals surface area (Å²) < 4.78 is 1.90. The van der Waals surface area contributed by atoms with Crippen molar-refractivity contribution < 1.29 is 4.79 Å². The Hall–Kier alpha value is -2.69. The Morgan fingerprint density at radius 3 is 2.84 bits per heavy atom. The number of aromatic nitrogens is 3. The zero-order chi connectivity index (χ0) is 17.8. The highest BCUT2D eigenvalue weighted by molar-refractivity contribution is 5.94. The molecule has 0 aliphatic carbocycles. The number of fused-ring (bicyclic) bond motifs is 1. The van der Waals surface area contributed by atoms with Crippen LogP contribution in [0.5, 0.6) is 0 Å². The molecule has 130 valence electrons. The molecule has 3 heterocycles. The number of carbonyl (C=O) groups excluding carboxylic acids is 1. The van der Waals surface area contributed by atoms with Crippen molar-refractivity contribution in [1.29, 1.82) is 0 Å². The highest BCUT2D eigenvalue weighted by Crippen LogP contribution is 2.26. The molecule has 0 N–H and O–H groups in total. The van der Waals surface area contributed by atoms with E-state index >= 15 is 0 Å². The summed E-state index contributed by atoms with van der Waals surface area (Å²) >= 11 is 0. The number of aryl methyl sites for hydroxylation is 1. The van der Waals surface area contributed by atoms with Crippen molar-refractivity contribution in [3.63, 3.8) is 0 Å². The zero-order valence-electron chi connectivity index (χ0n) is 15.0. The van der Waals surface area contributed by atoms with E-state index in [-0.39, 0.29) is 11.9 Å². The summed E-state index contributed by atoms with van der Waals surface area (Å²) in [6.07, 6.45) is 10.5. The van der Waals surface area contributed by atoms with E-state index in [4.69, 9.17) is 0 Å². The molecule has 0 saturated carbocycles. The van der Waals surface area contributed by atoms with Crippen molar-refractivity contribution in [3.05, 3.63) is 65.9 Å². The maximum absolute atomic E-state index is 13.0. The Morgan fingerprint density at radius 2 is 2.12 bits per heavy atom. The summed E-state index contributed by atoms with van der Waals surface area (Å²) in [5.41, 5.74) is 3.53. The van der Waals surface area contributed by atoms with E-state index in [0.29, 0.717) is 5.56 Å². The van der Waals surface area contributed by atoms with Crippen LogP contribution in [0.1, 0.15) is 53.8 Å². The maximum atomic E-state index is 13.0. The van der Waals surface area contributed by atoms with E-state index in [1.54, 1.807) is 6.20 Å². The molecule has 1 amide bonds. The number of imidazole rings is 1. The van der Waals surface area contributed by atoms with Crippen molar-refractivity contribution in [2.45, 2.75) is 39.2 Å². The standard InChI is InChI=1S/C20H24N4O/c1-4-5-8-18(16-7-6-11-21-12-16)23(3)20(25)17-9-10-19-22-15(2)13-24(19)14-17/h6-7,9-14,18H,4-5,8H2,1-3H3/t18-/m1/s1. The van der Waals surface area contributed by atoms with Gasteiger partial charge in [-0.2, -0.15) is 0 Å². The van der Waals surface area contributed by atoms with E-state index in [9.17, 15) is 4.79 Å². The Balaban J connectivity index is 1.88. The molecule has 1 atom stereocenters. The van der Waals surface area contributed by atoms with Gasteiger partial charge >= 0.3 is 0 Å². The molecular formula is C20H24N4O. The highest BCUT2D eigenvalue weighted by atomic mass is 16.2. The van der Waals surface area contributed by atoms with Gasteiger partial charge in [0.25, 0.3) is 5.91 Å². The topological polar surface area (TPSA) is 50.5 Å². The van der Waals surface area contributed by atoms with Crippen LogP contribution in [-0.4, -0.2) is 32.2 Å². The van der Waals surface area contributed by atoms with Gasteiger partial charge in [-0.15, -0.1) is 0 Å². The molecule has 0 radical (unpaired) electrons. The van der Waals surface area contributed by atoms with Crippen molar-refractivity contribution in [2.75, 3.05) is 7.05 Å². The van der Waals surface area contributed by atoms with Crippen LogP contribution in [0.4, 0.5) is 0 Å². The molecule has 0 bridgehead atoms. The average molecular weight is 336 g/mol. The minimum atomic E-state index is 0.0122. The van der Waals surface area contributed by atoms with Gasteiger partial charge < -0.3 is 9.30 Å². The number of amides is 1. The van der Waals surface area contributed by atoms with E-state index in [1.165, 1.54) is 0 Å². The fraction of sp³-hybridized carbons (Fsp3) is 0.350. The maximum Gasteiger partial charge on any atom is 0.255 e. The molecule has 25 heavy (non-hydrogen) atoms. The highest BCUT2D eigenvalue weighted by Gasteiger charge is 2.23. The first-order chi connectivity index (χ1) is 12.1. The minimum Gasteiger partial charge on any atom is -0.335 e. The zero-order valence-corrected chi connectivity index (χ0v) is 15.0. The predicted molar refractivity (Wildman–Crippen MR) is 98.5 cm³/mol. The third-order valence-corrected chi connectivity index (χ3v) is 4.51. The Bertz CT molecular complexity index is 857. The third kappa shape index (κ3) is 3.71. The normalized spacial score (nSPS) is 12.3. The first kappa shape index (κ1) is 17.1. The van der Waals surface area contributed by atoms with Gasteiger partial charge in [-0.3, -0.25) is 9.78 Å². The third-order valence-electron chi connectivity index (χ3n) is 4.51. The largest absolute Gasteiger partial charge is 0.335 e. The molecule has 3 rings (SSSR count). The molecule has 0 aromatic carbocycles. The Labute approximate surface area is 148 Å². The number of pyridine rings is 2. The fourth-order valence-corrected chi connectivity index (χ4v) is 3.14. The van der Waals surface area contributed by atoms with Gasteiger partial charge in [0, 0.05) is 31.8 Å². The van der Waals surface area contributed by atoms with Crippen molar-refractivity contribution in [3.8, 4) is 0 Å². The van der Waals surface area contributed by atoms with Crippen LogP contribution in [0.2, 0.25) is 0 Å². The molecule has 3 aromatic heterocycles. The lowest BCUT2D eigenvalue weighted by Crippen LogP contribution is -2.31. The van der Waals surface area contributed by atoms with Crippen LogP contribution in [0, 0.1) is 6.92 Å². The second-order valence-electron chi connectivity index (χ2n) is 6.43. The first-order valence-corrected chi connectivity index (χ1v) is 8.72. The molecule has 0 aliphatic heterocycles. The number of rotatable bonds is 6. The number of nitrogens with zero attached hydrogens (tertiary/aromatic N) is 4. The first-order valence-electron chi connectivity index (χ1n) is 8.72. The number of unbranched alkanes of at least 4 members (excludes halogenated alkanes) is 1. The monoisotopic (exact) mass is 336 g/mol. The van der Waals surface area contributed by atoms with Gasteiger partial charge in [0.15, 0.2) is 0 Å². The Kier molecular flexibility index (Phi) is 5.12. The summed E-state index contributed by atoms with van der Waals surface area (Å²) in [6.45, 7) is 4.11. The molecule has 0 unspecified atom stereocenters. The molecule has 0 spiro atoms. The number of hydrogen-bond acceptors (Lipinski definition) is 3. The molecular weight excluding hydrogens is 312 g/mol. The van der Waals surface area contributed by atoms with Crippen molar-refractivity contribution >= 4 is 11.6 Å². The second-order valence-corrected chi connectivity index (χ2v) is 6.43. The lowest BCUT2D eigenvalue weighted by molar-refractivity contribution is 0.0719. The second kappa shape index (κ2) is 7.47. The molecule has 0 fully saturated rings. The smallest absolute Gasteiger partial charge is 0.255 e. The lowest BCUT2D eigenvalue weighted by Gasteiger charge is -2.28. The SMILES string of the molecule is CCCC[C@H](c1cccnc1)N(C)C(=O)c1ccc2nc(C)cn2c1. The number of hydrogen-bond donors (Lipinski definition) is 0. The summed E-state index contributed by atoms with van der Waals surface area (Å²) in [7, 11) is 1.87. The van der Waals surface area contributed by atoms with Crippen LogP contribution in [0.15, 0.2) is 49.1 Å². The van der Waals surface area contributed by atoms with Crippen molar-refractivity contribution in [1.82, 2.24) is 19.3 Å². The molecule has 5 heteroatoms. The minimum absolute atomic E-state index is 0.0122. The van der Waals surface area contributed by atoms with Crippen LogP contribution >= 0.6 is 0 Å². The molecule has 0 saturated heterocycles. The van der Waals surface area contributed by atoms with E-state index in [1.807, 2.05) is 66.1 Å². The van der Waals surface area contributed by atoms with E-state index in [0.717, 1.165) is 36.2 Å². The van der Waals surface area contributed by atoms with Gasteiger partial charge in [-0.25, -0.2) is 4.98 Å². The Morgan fingerprint density at radius 1 is 1.28 bits per heavy atom. The fourth-order valence-electron chi connectivity index (χ4n) is 3.14. The van der Waals surface area contributed by atoms with Gasteiger partial charge in [0.05, 0.1) is 17.3 Å². The predicted octanol–water partition coefficient (Wildman–Crippen LogP) is 4.04. The van der Waals surface area contributed by atoms with Crippen LogP contribution in [-0.2, 0) is 0 Å². The summed E-state index contributed by atoms with van der Waals surface area (Å²) in [4.78, 5) is 23.5.